The molecule has 0 aliphatic carbocycles. The summed E-state index contributed by atoms with van der Waals surface area (Å²) in [6.07, 6.45) is -1.92. The number of carbonyl (C=O) groups excluding carboxylic acids is 11. The van der Waals surface area contributed by atoms with Crippen LogP contribution in [0.25, 0.3) is 0 Å². The maximum absolute atomic E-state index is 14.4. The molecule has 28 N–H and O–H groups in total. The summed E-state index contributed by atoms with van der Waals surface area (Å²) in [5, 5.41) is 88.4. The van der Waals surface area contributed by atoms with Crippen LogP contribution in [0.1, 0.15) is 111 Å². The maximum Gasteiger partial charge on any atom is 0.326 e. The number of hydrogen-bond donors (Lipinski definition) is 24. The van der Waals surface area contributed by atoms with E-state index in [2.05, 4.69) is 79.2 Å². The van der Waals surface area contributed by atoms with E-state index in [1.807, 2.05) is 0 Å². The molecule has 42 heteroatoms. The van der Waals surface area contributed by atoms with E-state index in [0.29, 0.717) is 36.8 Å². The number of carboxylic acid groups (broad SMARTS) is 4. The number of unbranched alkanes of at least 4 members (excludes halogenated alkanes) is 2. The van der Waals surface area contributed by atoms with Gasteiger partial charge in [0.1, 0.15) is 54.4 Å². The number of rotatable bonds is 51. The topological polar surface area (TPSA) is 694 Å². The SMILES string of the molecule is N=Nc1ccc(C(=O)N[C@@H](CCC(=O)N[C@@H](CCCNC(=N)N)C(=O)NCC(=O)N[C@@H](CC(=O)O)C(=O)N[C@H](Cc2ccccc2)C(=O)N[C@@H](CCCCN)C(=O)O)C(=O)N[C@@H](CCCNC(=N)N)C(=O)NCC(=O)N[C@@H](CC(=O)O)C(=O)N[C@H](Cc2ccccc2)C(=O)N[C@@H](CCCCN)C(=O)O)cn1.[99Tc]. The number of aromatic nitrogens is 1. The number of nitrogens with one attached hydrogen (secondary N) is 16. The largest absolute Gasteiger partial charge is 0.481 e. The molecule has 0 unspecified atom stereocenters. The quantitative estimate of drug-likeness (QED) is 0.0109. The number of benzene rings is 2. The Hall–Kier alpha value is -11.7. The van der Waals surface area contributed by atoms with Gasteiger partial charge in [-0.1, -0.05) is 60.7 Å². The number of carboxylic acids is 4. The molecule has 0 bridgehead atoms. The van der Waals surface area contributed by atoms with Crippen molar-refractivity contribution in [1.82, 2.24) is 74.1 Å². The minimum absolute atomic E-state index is 0. The fourth-order valence-electron chi connectivity index (χ4n) is 10.1. The summed E-state index contributed by atoms with van der Waals surface area (Å²) in [6.45, 7) is -1.55. The summed E-state index contributed by atoms with van der Waals surface area (Å²) in [7, 11) is 0. The Morgan fingerprint density at radius 3 is 1.15 bits per heavy atom. The van der Waals surface area contributed by atoms with Crippen LogP contribution in [0, 0.1) is 16.3 Å². The fraction of sp³-hybridized carbons (Fsp3) is 0.477. The molecule has 9 atom stereocenters. The van der Waals surface area contributed by atoms with Crippen LogP contribution in [-0.4, -0.2) is 220 Å². The van der Waals surface area contributed by atoms with Crippen molar-refractivity contribution in [1.29, 1.82) is 16.3 Å². The maximum atomic E-state index is 14.4. The molecule has 1 heterocycles. The Balaban J connectivity index is 0.0000389. The van der Waals surface area contributed by atoms with Crippen molar-refractivity contribution in [3.63, 3.8) is 0 Å². The van der Waals surface area contributed by atoms with E-state index in [-0.39, 0.29) is 109 Å². The summed E-state index contributed by atoms with van der Waals surface area (Å²) < 4.78 is 0. The van der Waals surface area contributed by atoms with Gasteiger partial charge in [0, 0.05) is 58.7 Å². The first-order valence-corrected chi connectivity index (χ1v) is 33.6. The molecule has 585 valence electrons. The average Bonchev–Trinajstić information content (AvgIpc) is 0.868. The number of nitrogens with two attached hydrogens (primary N) is 4. The minimum Gasteiger partial charge on any atom is -0.481 e. The molecule has 0 aliphatic rings. The van der Waals surface area contributed by atoms with Crippen LogP contribution in [0.15, 0.2) is 84.1 Å². The number of amides is 11. The van der Waals surface area contributed by atoms with E-state index in [0.717, 1.165) is 6.20 Å². The molecule has 0 spiro atoms. The molecule has 0 aliphatic heterocycles. The molecule has 3 rings (SSSR count). The Kier molecular flexibility index (Phi) is 42.6. The molecule has 11 amide bonds. The van der Waals surface area contributed by atoms with Gasteiger partial charge in [-0.05, 0) is 107 Å². The first-order chi connectivity index (χ1) is 50.4. The number of pyridine rings is 1. The summed E-state index contributed by atoms with van der Waals surface area (Å²) in [5.41, 5.74) is 30.0. The third-order valence-electron chi connectivity index (χ3n) is 15.5. The van der Waals surface area contributed by atoms with Gasteiger partial charge < -0.3 is 112 Å². The van der Waals surface area contributed by atoms with Crippen LogP contribution >= 0.6 is 0 Å². The molecule has 0 fully saturated rings. The zero-order valence-corrected chi connectivity index (χ0v) is 60.1. The van der Waals surface area contributed by atoms with Crippen molar-refractivity contribution in [2.24, 2.45) is 28.0 Å². The van der Waals surface area contributed by atoms with Gasteiger partial charge in [-0.3, -0.25) is 73.1 Å². The molecule has 2 aromatic carbocycles. The summed E-state index contributed by atoms with van der Waals surface area (Å²) in [6, 6.07) is 4.08. The van der Waals surface area contributed by atoms with Gasteiger partial charge in [0.15, 0.2) is 17.7 Å². The van der Waals surface area contributed by atoms with E-state index < -0.39 is 194 Å². The molecule has 0 saturated heterocycles. The van der Waals surface area contributed by atoms with Crippen LogP contribution in [0.4, 0.5) is 5.82 Å². The van der Waals surface area contributed by atoms with Gasteiger partial charge in [0.05, 0.1) is 31.5 Å². The smallest absolute Gasteiger partial charge is 0.326 e. The third-order valence-corrected chi connectivity index (χ3v) is 15.5. The second kappa shape index (κ2) is 49.9. The van der Waals surface area contributed by atoms with Gasteiger partial charge in [-0.25, -0.2) is 20.1 Å². The number of nitrogens with zero attached hydrogens (tertiary/aromatic N) is 2. The van der Waals surface area contributed by atoms with E-state index in [1.165, 1.54) is 12.1 Å². The van der Waals surface area contributed by atoms with Crippen molar-refractivity contribution >= 4 is 107 Å². The van der Waals surface area contributed by atoms with Crippen LogP contribution < -0.4 is 92.1 Å². The van der Waals surface area contributed by atoms with Crippen molar-refractivity contribution in [2.45, 2.75) is 157 Å². The standard InChI is InChI=1S/C65H94N22O19.Tc/c66-25-9-7-17-42(62(103)104)83-58(99)44(29-36-13-3-1-4-14-36)85-60(101)46(31-52(91)92)79-50(89)34-76-55(96)39(19-11-27-73-64(68)69)78-49(88)24-22-41(81-54(95)38-21-23-48(87-72)75-33-38)57(98)82-40(20-12-28-74-65(70)71)56(97)77-35-51(90)80-47(32-53(93)94)61(102)86-45(30-37-15-5-2-6-16-37)59(100)84-43(63(105)106)18-8-10-26-67;/h1-6,13-16,21,23,33,39-47,72H,7-12,17-20,22,24-32,34-35,66-67H2,(H,76,96)(H,77,97)(H,78,88)(H,79,89)(H,80,90)(H,81,95)(H,82,98)(H,83,99)(H,84,100)(H,85,101)(H,86,102)(H,91,92)(H,93,94)(H,103,104)(H,105,106)(H4,68,69,73)(H4,70,71,74);/t39-,40-,41-,42-,43-,44+,45+,46-,47-;/m0./s1/i;1+1. The number of aliphatic carboxylic acids is 4. The zero-order valence-electron chi connectivity index (χ0n) is 58.3. The van der Waals surface area contributed by atoms with Crippen molar-refractivity contribution < 1.29 is 112 Å². The molecule has 1 radical (unpaired) electrons. The molecule has 41 nitrogen and oxygen atoms in total. The van der Waals surface area contributed by atoms with Crippen LogP contribution in [-0.2, 0) is 100 Å². The predicted octanol–water partition coefficient (Wildman–Crippen LogP) is -4.88. The molecule has 107 heavy (non-hydrogen) atoms. The Bertz CT molecular complexity index is 3530. The van der Waals surface area contributed by atoms with Crippen molar-refractivity contribution in [3.8, 4) is 0 Å². The summed E-state index contributed by atoms with van der Waals surface area (Å²) >= 11 is 0. The fourth-order valence-corrected chi connectivity index (χ4v) is 10.1. The van der Waals surface area contributed by atoms with Gasteiger partial charge in [0.25, 0.3) is 5.91 Å². The first kappa shape index (κ1) is 91.4. The summed E-state index contributed by atoms with van der Waals surface area (Å²) in [5.74, 6) is -18.9. The van der Waals surface area contributed by atoms with Crippen molar-refractivity contribution in [3.05, 3.63) is 95.7 Å². The molecule has 0 saturated carbocycles. The number of hydrogen-bond acceptors (Lipinski definition) is 22. The molecule has 3 aromatic rings. The van der Waals surface area contributed by atoms with Crippen molar-refractivity contribution in [2.75, 3.05) is 39.3 Å². The second-order valence-corrected chi connectivity index (χ2v) is 24.0. The van der Waals surface area contributed by atoms with Gasteiger partial charge in [-0.15, -0.1) is 5.11 Å². The minimum atomic E-state index is -1.92. The first-order valence-electron chi connectivity index (χ1n) is 33.6. The molecular formula is C65H94N22O19Tc. The van der Waals surface area contributed by atoms with E-state index in [4.69, 9.17) is 39.3 Å². The van der Waals surface area contributed by atoms with E-state index in [1.54, 1.807) is 60.7 Å². The van der Waals surface area contributed by atoms with E-state index >= 15 is 0 Å². The van der Waals surface area contributed by atoms with Gasteiger partial charge in [0.2, 0.25) is 59.1 Å². The summed E-state index contributed by atoms with van der Waals surface area (Å²) in [4.78, 5) is 204. The van der Waals surface area contributed by atoms with E-state index in [9.17, 15) is 92.3 Å². The van der Waals surface area contributed by atoms with Crippen LogP contribution in [0.2, 0.25) is 0 Å². The Labute approximate surface area is 626 Å². The predicted molar refractivity (Wildman–Crippen MR) is 375 cm³/mol. The normalized spacial score (nSPS) is 13.1. The zero-order chi connectivity index (χ0) is 78.7. The van der Waals surface area contributed by atoms with Crippen LogP contribution in [0.5, 0.6) is 0 Å². The Morgan fingerprint density at radius 2 is 0.776 bits per heavy atom. The third kappa shape index (κ3) is 37.1. The monoisotopic (exact) mass is 1590 g/mol. The number of guanidine groups is 2. The number of carbonyl (C=O) groups is 15. The average molecular weight is 1590 g/mol. The Morgan fingerprint density at radius 1 is 0.411 bits per heavy atom. The second-order valence-electron chi connectivity index (χ2n) is 24.0. The molecule has 1 aromatic heterocycles. The van der Waals surface area contributed by atoms with Gasteiger partial charge >= 0.3 is 23.9 Å². The van der Waals surface area contributed by atoms with Crippen LogP contribution in [0.3, 0.4) is 0 Å². The van der Waals surface area contributed by atoms with Gasteiger partial charge in [-0.2, -0.15) is 0 Å². The molecular weight excluding hydrogens is 1490 g/mol.